The summed E-state index contributed by atoms with van der Waals surface area (Å²) in [6.07, 6.45) is 2.45. The lowest BCUT2D eigenvalue weighted by atomic mass is 10.1. The van der Waals surface area contributed by atoms with Crippen LogP contribution in [0.4, 0.5) is 15.8 Å². The van der Waals surface area contributed by atoms with Crippen molar-refractivity contribution in [3.8, 4) is 0 Å². The lowest BCUT2D eigenvalue weighted by molar-refractivity contribution is -0.133. The lowest BCUT2D eigenvalue weighted by Crippen LogP contribution is -2.36. The smallest absolute Gasteiger partial charge is 0.255 e. The molecule has 1 atom stereocenters. The van der Waals surface area contributed by atoms with Crippen molar-refractivity contribution in [3.05, 3.63) is 59.4 Å². The Labute approximate surface area is 183 Å². The van der Waals surface area contributed by atoms with Gasteiger partial charge in [-0.15, -0.1) is 0 Å². The summed E-state index contributed by atoms with van der Waals surface area (Å²) in [6.45, 7) is 3.57. The average molecular weight is 428 g/mol. The third-order valence-electron chi connectivity index (χ3n) is 5.37. The number of ether oxygens (including phenoxy) is 1. The zero-order valence-corrected chi connectivity index (χ0v) is 18.4. The summed E-state index contributed by atoms with van der Waals surface area (Å²) in [4.78, 5) is 29.0. The molecule has 166 valence electrons. The van der Waals surface area contributed by atoms with Crippen molar-refractivity contribution < 1.29 is 18.7 Å². The molecule has 0 aliphatic carbocycles. The Bertz CT molecular complexity index is 926. The molecule has 31 heavy (non-hydrogen) atoms. The van der Waals surface area contributed by atoms with Gasteiger partial charge in [0.15, 0.2) is 0 Å². The highest BCUT2D eigenvalue weighted by atomic mass is 19.1. The van der Waals surface area contributed by atoms with Gasteiger partial charge in [0.1, 0.15) is 5.82 Å². The maximum Gasteiger partial charge on any atom is 0.255 e. The summed E-state index contributed by atoms with van der Waals surface area (Å²) in [6, 6.07) is 11.2. The Balaban J connectivity index is 1.82. The molecule has 0 bridgehead atoms. The second-order valence-electron chi connectivity index (χ2n) is 7.97. The number of rotatable bonds is 8. The summed E-state index contributed by atoms with van der Waals surface area (Å²) in [5.41, 5.74) is 2.72. The molecule has 1 heterocycles. The van der Waals surface area contributed by atoms with E-state index >= 15 is 0 Å². The first-order valence-corrected chi connectivity index (χ1v) is 10.6. The molecule has 1 fully saturated rings. The van der Waals surface area contributed by atoms with Gasteiger partial charge in [0, 0.05) is 57.2 Å². The molecule has 6 nitrogen and oxygen atoms in total. The number of hydrogen-bond donors (Lipinski definition) is 1. The number of nitrogens with one attached hydrogen (secondary N) is 1. The average Bonchev–Trinajstić information content (AvgIpc) is 3.26. The van der Waals surface area contributed by atoms with E-state index in [4.69, 9.17) is 4.74 Å². The maximum absolute atomic E-state index is 13.5. The predicted octanol–water partition coefficient (Wildman–Crippen LogP) is 4.06. The molecule has 2 aromatic carbocycles. The molecule has 0 unspecified atom stereocenters. The fraction of sp³-hybridized carbons (Fsp3) is 0.417. The van der Waals surface area contributed by atoms with Crippen LogP contribution in [0.2, 0.25) is 0 Å². The number of benzene rings is 2. The Morgan fingerprint density at radius 1 is 1.19 bits per heavy atom. The molecule has 7 heteroatoms. The van der Waals surface area contributed by atoms with Crippen molar-refractivity contribution >= 4 is 23.2 Å². The number of carbonyl (C=O) groups excluding carboxylic acids is 2. The van der Waals surface area contributed by atoms with E-state index in [1.54, 1.807) is 6.07 Å². The van der Waals surface area contributed by atoms with Crippen molar-refractivity contribution in [2.24, 2.45) is 0 Å². The molecular formula is C24H30FN3O3. The summed E-state index contributed by atoms with van der Waals surface area (Å²) in [5, 5.41) is 2.83. The van der Waals surface area contributed by atoms with Gasteiger partial charge in [0.2, 0.25) is 5.91 Å². The van der Waals surface area contributed by atoms with E-state index in [1.807, 2.05) is 49.0 Å². The van der Waals surface area contributed by atoms with Crippen molar-refractivity contribution in [1.82, 2.24) is 4.90 Å². The maximum atomic E-state index is 13.5. The number of nitrogens with zero attached hydrogens (tertiary/aromatic N) is 2. The van der Waals surface area contributed by atoms with Crippen LogP contribution in [0.3, 0.4) is 0 Å². The van der Waals surface area contributed by atoms with Gasteiger partial charge in [-0.05, 0) is 54.8 Å². The molecule has 0 spiro atoms. The molecule has 0 aromatic heterocycles. The Kier molecular flexibility index (Phi) is 7.63. The van der Waals surface area contributed by atoms with Gasteiger partial charge in [-0.25, -0.2) is 4.39 Å². The van der Waals surface area contributed by atoms with Crippen LogP contribution in [0.15, 0.2) is 42.5 Å². The molecule has 1 aliphatic rings. The summed E-state index contributed by atoms with van der Waals surface area (Å²) in [7, 11) is 3.88. The third kappa shape index (κ3) is 6.04. The topological polar surface area (TPSA) is 61.9 Å². The minimum absolute atomic E-state index is 0.0640. The van der Waals surface area contributed by atoms with Crippen LogP contribution >= 0.6 is 0 Å². The number of amides is 2. The largest absolute Gasteiger partial charge is 0.377 e. The Morgan fingerprint density at radius 3 is 2.65 bits per heavy atom. The molecular weight excluding hydrogens is 397 g/mol. The highest BCUT2D eigenvalue weighted by Gasteiger charge is 2.23. The monoisotopic (exact) mass is 427 g/mol. The lowest BCUT2D eigenvalue weighted by Gasteiger charge is -2.28. The number of carbonyl (C=O) groups is 2. The standard InChI is InChI=1S/C24H30FN3O3/c1-4-23(29)28(16-21-9-6-12-31-21)15-18-14-20(10-11-22(18)27(2)3)26-24(30)17-7-5-8-19(25)13-17/h5,7-8,10-11,13-14,21H,4,6,9,12,15-16H2,1-3H3,(H,26,30)/t21-/m0/s1. The van der Waals surface area contributed by atoms with Crippen LogP contribution in [-0.2, 0) is 16.1 Å². The van der Waals surface area contributed by atoms with Crippen molar-refractivity contribution in [3.63, 3.8) is 0 Å². The first-order chi connectivity index (χ1) is 14.9. The van der Waals surface area contributed by atoms with Crippen molar-refractivity contribution in [1.29, 1.82) is 0 Å². The van der Waals surface area contributed by atoms with Gasteiger partial charge < -0.3 is 19.9 Å². The van der Waals surface area contributed by atoms with E-state index in [9.17, 15) is 14.0 Å². The Morgan fingerprint density at radius 2 is 2.00 bits per heavy atom. The zero-order valence-electron chi connectivity index (χ0n) is 18.4. The van der Waals surface area contributed by atoms with Crippen LogP contribution in [0.5, 0.6) is 0 Å². The van der Waals surface area contributed by atoms with Gasteiger partial charge in [-0.1, -0.05) is 13.0 Å². The molecule has 1 aliphatic heterocycles. The molecule has 0 radical (unpaired) electrons. The van der Waals surface area contributed by atoms with Gasteiger partial charge in [0.05, 0.1) is 6.10 Å². The number of halogens is 1. The first kappa shape index (κ1) is 22.7. The van der Waals surface area contributed by atoms with Crippen molar-refractivity contribution in [2.75, 3.05) is 37.5 Å². The second-order valence-corrected chi connectivity index (χ2v) is 7.97. The SMILES string of the molecule is CCC(=O)N(Cc1cc(NC(=O)c2cccc(F)c2)ccc1N(C)C)C[C@@H]1CCCO1. The van der Waals surface area contributed by atoms with E-state index in [-0.39, 0.29) is 23.5 Å². The summed E-state index contributed by atoms with van der Waals surface area (Å²) < 4.78 is 19.2. The normalized spacial score (nSPS) is 15.5. The molecule has 2 aromatic rings. The fourth-order valence-electron chi connectivity index (χ4n) is 3.78. The van der Waals surface area contributed by atoms with E-state index < -0.39 is 5.82 Å². The second kappa shape index (κ2) is 10.4. The Hall–Kier alpha value is -2.93. The number of anilines is 2. The van der Waals surface area contributed by atoms with Crippen LogP contribution < -0.4 is 10.2 Å². The van der Waals surface area contributed by atoms with Gasteiger partial charge in [-0.3, -0.25) is 9.59 Å². The van der Waals surface area contributed by atoms with Crippen LogP contribution in [0.25, 0.3) is 0 Å². The van der Waals surface area contributed by atoms with Crippen LogP contribution in [-0.4, -0.2) is 50.1 Å². The molecule has 0 saturated carbocycles. The number of hydrogen-bond acceptors (Lipinski definition) is 4. The fourth-order valence-corrected chi connectivity index (χ4v) is 3.78. The predicted molar refractivity (Wildman–Crippen MR) is 120 cm³/mol. The van der Waals surface area contributed by atoms with E-state index in [1.165, 1.54) is 18.2 Å². The molecule has 2 amide bonds. The highest BCUT2D eigenvalue weighted by Crippen LogP contribution is 2.26. The van der Waals surface area contributed by atoms with Gasteiger partial charge in [0.25, 0.3) is 5.91 Å². The van der Waals surface area contributed by atoms with E-state index in [0.29, 0.717) is 25.2 Å². The van der Waals surface area contributed by atoms with Crippen LogP contribution in [0.1, 0.15) is 42.1 Å². The molecule has 1 N–H and O–H groups in total. The zero-order chi connectivity index (χ0) is 22.4. The quantitative estimate of drug-likeness (QED) is 0.690. The van der Waals surface area contributed by atoms with Crippen molar-refractivity contribution in [2.45, 2.75) is 38.8 Å². The minimum atomic E-state index is -0.459. The first-order valence-electron chi connectivity index (χ1n) is 10.6. The van der Waals surface area contributed by atoms with Gasteiger partial charge in [-0.2, -0.15) is 0 Å². The summed E-state index contributed by atoms with van der Waals surface area (Å²) in [5.74, 6) is -0.780. The third-order valence-corrected chi connectivity index (χ3v) is 5.37. The van der Waals surface area contributed by atoms with E-state index in [2.05, 4.69) is 5.32 Å². The summed E-state index contributed by atoms with van der Waals surface area (Å²) >= 11 is 0. The molecule has 3 rings (SSSR count). The van der Waals surface area contributed by atoms with E-state index in [0.717, 1.165) is 30.7 Å². The van der Waals surface area contributed by atoms with Gasteiger partial charge >= 0.3 is 0 Å². The van der Waals surface area contributed by atoms with Crippen LogP contribution in [0, 0.1) is 5.82 Å². The highest BCUT2D eigenvalue weighted by molar-refractivity contribution is 6.04. The molecule has 1 saturated heterocycles. The minimum Gasteiger partial charge on any atom is -0.377 e.